The zero-order valence-electron chi connectivity index (χ0n) is 14.1. The van der Waals surface area contributed by atoms with E-state index >= 15 is 0 Å². The number of aromatic nitrogens is 1. The van der Waals surface area contributed by atoms with Gasteiger partial charge in [-0.05, 0) is 42.3 Å². The van der Waals surface area contributed by atoms with E-state index < -0.39 is 10.0 Å². The molecule has 0 radical (unpaired) electrons. The number of hydrogen-bond acceptors (Lipinski definition) is 4. The van der Waals surface area contributed by atoms with Crippen LogP contribution in [0.2, 0.25) is 5.02 Å². The molecule has 2 aromatic rings. The molecule has 0 aliphatic rings. The van der Waals surface area contributed by atoms with Crippen LogP contribution in [0.25, 0.3) is 0 Å². The highest BCUT2D eigenvalue weighted by Gasteiger charge is 2.20. The second-order valence-electron chi connectivity index (χ2n) is 5.65. The summed E-state index contributed by atoms with van der Waals surface area (Å²) in [7, 11) is -3.53. The van der Waals surface area contributed by atoms with Crippen molar-refractivity contribution in [2.45, 2.75) is 19.9 Å². The highest BCUT2D eigenvalue weighted by molar-refractivity contribution is 7.92. The number of carbonyl (C=O) groups is 1. The summed E-state index contributed by atoms with van der Waals surface area (Å²) in [5, 5.41) is 3.21. The zero-order valence-corrected chi connectivity index (χ0v) is 15.6. The number of sulfonamides is 1. The van der Waals surface area contributed by atoms with E-state index in [1.165, 1.54) is 4.31 Å². The molecule has 0 unspecified atom stereocenters. The van der Waals surface area contributed by atoms with E-state index in [0.29, 0.717) is 17.3 Å². The molecule has 134 valence electrons. The standard InChI is InChI=1S/C17H20ClN3O3S/c1-13-3-4-15(18)11-16(13)21(25(2,23)24)10-7-17(22)20-12-14-5-8-19-9-6-14/h3-6,8-9,11H,7,10,12H2,1-2H3,(H,20,22). The highest BCUT2D eigenvalue weighted by Crippen LogP contribution is 2.26. The Morgan fingerprint density at radius 2 is 1.92 bits per heavy atom. The minimum atomic E-state index is -3.53. The van der Waals surface area contributed by atoms with Crippen LogP contribution in [0.15, 0.2) is 42.7 Å². The average Bonchev–Trinajstić information content (AvgIpc) is 2.56. The van der Waals surface area contributed by atoms with Gasteiger partial charge < -0.3 is 5.32 Å². The fraction of sp³-hybridized carbons (Fsp3) is 0.294. The highest BCUT2D eigenvalue weighted by atomic mass is 35.5. The monoisotopic (exact) mass is 381 g/mol. The number of rotatable bonds is 7. The van der Waals surface area contributed by atoms with Gasteiger partial charge in [-0.25, -0.2) is 8.42 Å². The Bertz CT molecular complexity index is 841. The van der Waals surface area contributed by atoms with Gasteiger partial charge in [-0.2, -0.15) is 0 Å². The van der Waals surface area contributed by atoms with Crippen molar-refractivity contribution < 1.29 is 13.2 Å². The van der Waals surface area contributed by atoms with E-state index in [1.54, 1.807) is 49.6 Å². The number of aryl methyl sites for hydroxylation is 1. The predicted octanol–water partition coefficient (Wildman–Crippen LogP) is 2.52. The van der Waals surface area contributed by atoms with Crippen molar-refractivity contribution in [3.63, 3.8) is 0 Å². The Balaban J connectivity index is 2.03. The molecule has 25 heavy (non-hydrogen) atoms. The third kappa shape index (κ3) is 5.72. The van der Waals surface area contributed by atoms with Crippen LogP contribution in [0.5, 0.6) is 0 Å². The predicted molar refractivity (Wildman–Crippen MR) is 99.1 cm³/mol. The summed E-state index contributed by atoms with van der Waals surface area (Å²) in [4.78, 5) is 16.0. The van der Waals surface area contributed by atoms with E-state index in [1.807, 2.05) is 0 Å². The van der Waals surface area contributed by atoms with Crippen LogP contribution in [0.4, 0.5) is 5.69 Å². The first kappa shape index (κ1) is 19.2. The van der Waals surface area contributed by atoms with Gasteiger partial charge in [0.25, 0.3) is 0 Å². The van der Waals surface area contributed by atoms with Crippen molar-refractivity contribution in [1.82, 2.24) is 10.3 Å². The number of pyridine rings is 1. The summed E-state index contributed by atoms with van der Waals surface area (Å²) in [6.45, 7) is 2.21. The van der Waals surface area contributed by atoms with Gasteiger partial charge >= 0.3 is 0 Å². The second-order valence-corrected chi connectivity index (χ2v) is 7.99. The van der Waals surface area contributed by atoms with Gasteiger partial charge in [0, 0.05) is 36.9 Å². The third-order valence-electron chi connectivity index (χ3n) is 3.62. The lowest BCUT2D eigenvalue weighted by Crippen LogP contribution is -2.35. The van der Waals surface area contributed by atoms with Crippen molar-refractivity contribution in [3.8, 4) is 0 Å². The summed E-state index contributed by atoms with van der Waals surface area (Å²) in [6.07, 6.45) is 4.45. The molecule has 8 heteroatoms. The number of amides is 1. The van der Waals surface area contributed by atoms with Gasteiger partial charge in [0.05, 0.1) is 11.9 Å². The minimum Gasteiger partial charge on any atom is -0.352 e. The fourth-order valence-corrected chi connectivity index (χ4v) is 3.45. The molecule has 0 aliphatic carbocycles. The second kappa shape index (κ2) is 8.31. The summed E-state index contributed by atoms with van der Waals surface area (Å²) in [5.41, 5.74) is 2.18. The average molecular weight is 382 g/mol. The first-order valence-corrected chi connectivity index (χ1v) is 9.89. The van der Waals surface area contributed by atoms with Crippen LogP contribution < -0.4 is 9.62 Å². The molecule has 0 saturated heterocycles. The van der Waals surface area contributed by atoms with Crippen LogP contribution >= 0.6 is 11.6 Å². The molecular formula is C17H20ClN3O3S. The summed E-state index contributed by atoms with van der Waals surface area (Å²) in [6, 6.07) is 8.64. The number of hydrogen-bond donors (Lipinski definition) is 1. The van der Waals surface area contributed by atoms with Crippen LogP contribution in [0.1, 0.15) is 17.5 Å². The van der Waals surface area contributed by atoms with E-state index in [4.69, 9.17) is 11.6 Å². The van der Waals surface area contributed by atoms with Gasteiger partial charge in [0.1, 0.15) is 0 Å². The van der Waals surface area contributed by atoms with Crippen LogP contribution in [-0.4, -0.2) is 32.1 Å². The summed E-state index contributed by atoms with van der Waals surface area (Å²) >= 11 is 5.99. The van der Waals surface area contributed by atoms with E-state index in [9.17, 15) is 13.2 Å². The molecule has 1 aromatic carbocycles. The molecule has 1 aromatic heterocycles. The Labute approximate surface area is 152 Å². The van der Waals surface area contributed by atoms with Gasteiger partial charge in [-0.15, -0.1) is 0 Å². The van der Waals surface area contributed by atoms with Crippen molar-refractivity contribution in [1.29, 1.82) is 0 Å². The SMILES string of the molecule is Cc1ccc(Cl)cc1N(CCC(=O)NCc1ccncc1)S(C)(=O)=O. The Morgan fingerprint density at radius 1 is 1.24 bits per heavy atom. The first-order valence-electron chi connectivity index (χ1n) is 7.67. The Kier molecular flexibility index (Phi) is 6.39. The molecule has 0 bridgehead atoms. The van der Waals surface area contributed by atoms with Crippen LogP contribution in [-0.2, 0) is 21.4 Å². The Hall–Kier alpha value is -2.12. The van der Waals surface area contributed by atoms with E-state index in [0.717, 1.165) is 17.4 Å². The van der Waals surface area contributed by atoms with Crippen molar-refractivity contribution in [3.05, 3.63) is 58.9 Å². The minimum absolute atomic E-state index is 0.0438. The molecule has 1 heterocycles. The third-order valence-corrected chi connectivity index (χ3v) is 5.04. The number of carbonyl (C=O) groups excluding carboxylic acids is 1. The topological polar surface area (TPSA) is 79.4 Å². The number of nitrogens with zero attached hydrogens (tertiary/aromatic N) is 2. The Morgan fingerprint density at radius 3 is 2.56 bits per heavy atom. The van der Waals surface area contributed by atoms with Gasteiger partial charge in [0.15, 0.2) is 0 Å². The molecule has 6 nitrogen and oxygen atoms in total. The summed E-state index contributed by atoms with van der Waals surface area (Å²) < 4.78 is 25.5. The molecule has 1 amide bonds. The van der Waals surface area contributed by atoms with Crippen molar-refractivity contribution >= 4 is 33.2 Å². The molecule has 1 N–H and O–H groups in total. The largest absolute Gasteiger partial charge is 0.352 e. The van der Waals surface area contributed by atoms with Gasteiger partial charge in [-0.3, -0.25) is 14.1 Å². The summed E-state index contributed by atoms with van der Waals surface area (Å²) in [5.74, 6) is -0.231. The normalized spacial score (nSPS) is 11.2. The van der Waals surface area contributed by atoms with Gasteiger partial charge in [-0.1, -0.05) is 17.7 Å². The lowest BCUT2D eigenvalue weighted by molar-refractivity contribution is -0.121. The molecular weight excluding hydrogens is 362 g/mol. The molecule has 0 saturated carbocycles. The fourth-order valence-electron chi connectivity index (χ4n) is 2.31. The van der Waals surface area contributed by atoms with E-state index in [-0.39, 0.29) is 18.9 Å². The van der Waals surface area contributed by atoms with Crippen molar-refractivity contribution in [2.24, 2.45) is 0 Å². The number of anilines is 1. The molecule has 0 atom stereocenters. The van der Waals surface area contributed by atoms with E-state index in [2.05, 4.69) is 10.3 Å². The lowest BCUT2D eigenvalue weighted by Gasteiger charge is -2.24. The molecule has 0 fully saturated rings. The molecule has 0 aliphatic heterocycles. The first-order chi connectivity index (χ1) is 11.8. The molecule has 2 rings (SSSR count). The maximum absolute atomic E-state index is 12.1. The molecule has 0 spiro atoms. The van der Waals surface area contributed by atoms with Gasteiger partial charge in [0.2, 0.25) is 15.9 Å². The zero-order chi connectivity index (χ0) is 18.4. The number of nitrogens with one attached hydrogen (secondary N) is 1. The maximum atomic E-state index is 12.1. The maximum Gasteiger partial charge on any atom is 0.232 e. The quantitative estimate of drug-likeness (QED) is 0.799. The number of benzene rings is 1. The lowest BCUT2D eigenvalue weighted by atomic mass is 10.2. The van der Waals surface area contributed by atoms with Crippen molar-refractivity contribution in [2.75, 3.05) is 17.1 Å². The number of halogens is 1. The smallest absolute Gasteiger partial charge is 0.232 e. The van der Waals surface area contributed by atoms with Crippen LogP contribution in [0, 0.1) is 6.92 Å². The van der Waals surface area contributed by atoms with Crippen LogP contribution in [0.3, 0.4) is 0 Å².